The number of hydrogen-bond donors (Lipinski definition) is 1. The lowest BCUT2D eigenvalue weighted by Crippen LogP contribution is -2.11. The van der Waals surface area contributed by atoms with E-state index in [1.165, 1.54) is 11.5 Å². The number of aromatic nitrogens is 2. The second-order valence-corrected chi connectivity index (χ2v) is 5.87. The average Bonchev–Trinajstić information content (AvgIpc) is 2.67. The van der Waals surface area contributed by atoms with Gasteiger partial charge in [-0.25, -0.2) is 4.98 Å². The first kappa shape index (κ1) is 11.2. The quantitative estimate of drug-likeness (QED) is 0.862. The molecule has 0 saturated carbocycles. The molecule has 1 aliphatic heterocycles. The third-order valence-corrected chi connectivity index (χ3v) is 4.52. The molecule has 0 bridgehead atoms. The zero-order chi connectivity index (χ0) is 11.8. The third-order valence-electron chi connectivity index (χ3n) is 3.19. The zero-order valence-corrected chi connectivity index (χ0v) is 10.8. The molecule has 90 valence electrons. The number of fused-ring (bicyclic) bond motifs is 1. The van der Waals surface area contributed by atoms with Gasteiger partial charge in [-0.15, -0.1) is 0 Å². The van der Waals surface area contributed by atoms with Crippen LogP contribution in [0.4, 0.5) is 0 Å². The highest BCUT2D eigenvalue weighted by Gasteiger charge is 2.21. The maximum atomic E-state index is 9.57. The molecular formula is C12H13ClN2OS. The van der Waals surface area contributed by atoms with Crippen molar-refractivity contribution in [3.8, 4) is 5.75 Å². The molecule has 3 rings (SSSR count). The number of imidazole rings is 1. The Morgan fingerprint density at radius 1 is 1.35 bits per heavy atom. The van der Waals surface area contributed by atoms with Crippen LogP contribution in [0.3, 0.4) is 0 Å². The molecule has 3 nitrogen and oxygen atoms in total. The van der Waals surface area contributed by atoms with E-state index in [9.17, 15) is 5.11 Å². The van der Waals surface area contributed by atoms with Gasteiger partial charge in [0.1, 0.15) is 11.6 Å². The summed E-state index contributed by atoms with van der Waals surface area (Å²) in [4.78, 5) is 4.46. The van der Waals surface area contributed by atoms with Crippen molar-refractivity contribution in [3.63, 3.8) is 0 Å². The van der Waals surface area contributed by atoms with Crippen LogP contribution in [0.15, 0.2) is 18.3 Å². The number of pyridine rings is 1. The first-order valence-corrected chi connectivity index (χ1v) is 7.23. The summed E-state index contributed by atoms with van der Waals surface area (Å²) < 4.78 is 1.93. The van der Waals surface area contributed by atoms with Crippen LogP contribution < -0.4 is 0 Å². The molecular weight excluding hydrogens is 256 g/mol. The number of thioether (sulfide) groups is 1. The van der Waals surface area contributed by atoms with Crippen molar-refractivity contribution in [2.45, 2.75) is 18.8 Å². The average molecular weight is 269 g/mol. The lowest BCUT2D eigenvalue weighted by molar-refractivity contribution is 0.470. The molecule has 1 saturated heterocycles. The summed E-state index contributed by atoms with van der Waals surface area (Å²) in [7, 11) is 0. The van der Waals surface area contributed by atoms with E-state index in [0.29, 0.717) is 11.1 Å². The van der Waals surface area contributed by atoms with Crippen molar-refractivity contribution in [3.05, 3.63) is 29.3 Å². The van der Waals surface area contributed by atoms with E-state index in [2.05, 4.69) is 4.98 Å². The Hall–Kier alpha value is -0.870. The van der Waals surface area contributed by atoms with E-state index in [-0.39, 0.29) is 5.75 Å². The standard InChI is InChI=1S/C12H13ClN2OS/c13-11-10-2-1-9(16)7-15(10)12(14-11)8-3-5-17-6-4-8/h1-2,7-8,16H,3-6H2. The largest absolute Gasteiger partial charge is 0.506 e. The molecule has 0 unspecified atom stereocenters. The summed E-state index contributed by atoms with van der Waals surface area (Å²) in [5.74, 6) is 4.05. The SMILES string of the molecule is Oc1ccc2c(Cl)nc(C3CCSCC3)n2c1. The normalized spacial score (nSPS) is 17.7. The van der Waals surface area contributed by atoms with Crippen molar-refractivity contribution in [2.24, 2.45) is 0 Å². The Bertz CT molecular complexity index is 549. The molecule has 2 aromatic rings. The molecule has 1 aliphatic rings. The summed E-state index contributed by atoms with van der Waals surface area (Å²) in [6.07, 6.45) is 3.97. The molecule has 2 aromatic heterocycles. The van der Waals surface area contributed by atoms with E-state index in [1.54, 1.807) is 12.3 Å². The van der Waals surface area contributed by atoms with Gasteiger partial charge in [0, 0.05) is 5.92 Å². The Morgan fingerprint density at radius 3 is 2.88 bits per heavy atom. The van der Waals surface area contributed by atoms with Crippen LogP contribution in [0, 0.1) is 0 Å². The fourth-order valence-electron chi connectivity index (χ4n) is 2.30. The van der Waals surface area contributed by atoms with Gasteiger partial charge in [0.25, 0.3) is 0 Å². The van der Waals surface area contributed by atoms with Gasteiger partial charge in [0.2, 0.25) is 0 Å². The van der Waals surface area contributed by atoms with Crippen molar-refractivity contribution >= 4 is 28.9 Å². The number of hydrogen-bond acceptors (Lipinski definition) is 3. The predicted octanol–water partition coefficient (Wildman–Crippen LogP) is 3.30. The molecule has 0 aromatic carbocycles. The van der Waals surface area contributed by atoms with Gasteiger partial charge in [-0.1, -0.05) is 11.6 Å². The second kappa shape index (κ2) is 4.42. The molecule has 0 spiro atoms. The van der Waals surface area contributed by atoms with E-state index in [4.69, 9.17) is 11.6 Å². The van der Waals surface area contributed by atoms with Crippen molar-refractivity contribution < 1.29 is 5.11 Å². The second-order valence-electron chi connectivity index (χ2n) is 4.29. The number of rotatable bonds is 1. The Morgan fingerprint density at radius 2 is 2.12 bits per heavy atom. The van der Waals surface area contributed by atoms with Gasteiger partial charge in [-0.3, -0.25) is 4.40 Å². The van der Waals surface area contributed by atoms with Crippen molar-refractivity contribution in [1.29, 1.82) is 0 Å². The fourth-order valence-corrected chi connectivity index (χ4v) is 3.65. The third kappa shape index (κ3) is 2.00. The van der Waals surface area contributed by atoms with E-state index in [1.807, 2.05) is 22.2 Å². The molecule has 1 N–H and O–H groups in total. The molecule has 17 heavy (non-hydrogen) atoms. The van der Waals surface area contributed by atoms with Crippen LogP contribution in [0.5, 0.6) is 5.75 Å². The summed E-state index contributed by atoms with van der Waals surface area (Å²) >= 11 is 8.12. The molecule has 5 heteroatoms. The minimum atomic E-state index is 0.248. The van der Waals surface area contributed by atoms with Gasteiger partial charge < -0.3 is 5.11 Å². The monoisotopic (exact) mass is 268 g/mol. The highest BCUT2D eigenvalue weighted by molar-refractivity contribution is 7.99. The minimum Gasteiger partial charge on any atom is -0.506 e. The first-order chi connectivity index (χ1) is 8.25. The Kier molecular flexibility index (Phi) is 2.92. The highest BCUT2D eigenvalue weighted by Crippen LogP contribution is 2.33. The van der Waals surface area contributed by atoms with Crippen LogP contribution in [0.2, 0.25) is 5.15 Å². The number of aromatic hydroxyl groups is 1. The molecule has 0 aliphatic carbocycles. The van der Waals surface area contributed by atoms with E-state index in [0.717, 1.165) is 24.2 Å². The zero-order valence-electron chi connectivity index (χ0n) is 9.27. The van der Waals surface area contributed by atoms with Crippen molar-refractivity contribution in [1.82, 2.24) is 9.38 Å². The van der Waals surface area contributed by atoms with Crippen LogP contribution in [0.25, 0.3) is 5.52 Å². The summed E-state index contributed by atoms with van der Waals surface area (Å²) in [6.45, 7) is 0. The van der Waals surface area contributed by atoms with Crippen LogP contribution in [-0.2, 0) is 0 Å². The van der Waals surface area contributed by atoms with Crippen LogP contribution >= 0.6 is 23.4 Å². The minimum absolute atomic E-state index is 0.248. The smallest absolute Gasteiger partial charge is 0.155 e. The van der Waals surface area contributed by atoms with Crippen LogP contribution in [0.1, 0.15) is 24.6 Å². The summed E-state index contributed by atoms with van der Waals surface area (Å²) in [5.41, 5.74) is 0.873. The lowest BCUT2D eigenvalue weighted by atomic mass is 10.0. The van der Waals surface area contributed by atoms with E-state index >= 15 is 0 Å². The van der Waals surface area contributed by atoms with Crippen molar-refractivity contribution in [2.75, 3.05) is 11.5 Å². The fraction of sp³-hybridized carbons (Fsp3) is 0.417. The van der Waals surface area contributed by atoms with Gasteiger partial charge >= 0.3 is 0 Å². The Balaban J connectivity index is 2.11. The predicted molar refractivity (Wildman–Crippen MR) is 71.2 cm³/mol. The summed E-state index contributed by atoms with van der Waals surface area (Å²) in [6, 6.07) is 3.45. The molecule has 0 radical (unpaired) electrons. The first-order valence-electron chi connectivity index (χ1n) is 5.70. The van der Waals surface area contributed by atoms with Gasteiger partial charge in [0.15, 0.2) is 5.15 Å². The van der Waals surface area contributed by atoms with Crippen LogP contribution in [-0.4, -0.2) is 26.0 Å². The molecule has 0 amide bonds. The van der Waals surface area contributed by atoms with E-state index < -0.39 is 0 Å². The lowest BCUT2D eigenvalue weighted by Gasteiger charge is -2.20. The number of nitrogens with zero attached hydrogens (tertiary/aromatic N) is 2. The highest BCUT2D eigenvalue weighted by atomic mass is 35.5. The summed E-state index contributed by atoms with van der Waals surface area (Å²) in [5, 5.41) is 10.1. The van der Waals surface area contributed by atoms with Gasteiger partial charge in [-0.05, 0) is 36.5 Å². The molecule has 3 heterocycles. The van der Waals surface area contributed by atoms with Gasteiger partial charge in [-0.2, -0.15) is 11.8 Å². The maximum Gasteiger partial charge on any atom is 0.155 e. The maximum absolute atomic E-state index is 9.57. The molecule has 1 fully saturated rings. The Labute approximate surface area is 109 Å². The van der Waals surface area contributed by atoms with Gasteiger partial charge in [0.05, 0.1) is 11.7 Å². The molecule has 0 atom stereocenters. The number of halogens is 1. The topological polar surface area (TPSA) is 37.5 Å².